The predicted molar refractivity (Wildman–Crippen MR) is 61.9 cm³/mol. The summed E-state index contributed by atoms with van der Waals surface area (Å²) < 4.78 is 23.9. The first-order valence-corrected chi connectivity index (χ1v) is 6.87. The van der Waals surface area contributed by atoms with E-state index in [-0.39, 0.29) is 11.6 Å². The van der Waals surface area contributed by atoms with Crippen molar-refractivity contribution in [3.05, 3.63) is 27.8 Å². The molecule has 0 aliphatic carbocycles. The summed E-state index contributed by atoms with van der Waals surface area (Å²) in [5.41, 5.74) is 0. The first-order chi connectivity index (χ1) is 6.06. The molecule has 13 heavy (non-hydrogen) atoms. The third kappa shape index (κ3) is 3.11. The first kappa shape index (κ1) is 11.3. The van der Waals surface area contributed by atoms with Gasteiger partial charge in [0.1, 0.15) is 0 Å². The van der Waals surface area contributed by atoms with E-state index in [2.05, 4.69) is 22.6 Å². The summed E-state index contributed by atoms with van der Waals surface area (Å²) in [6.07, 6.45) is 0. The molecule has 0 aliphatic heterocycles. The van der Waals surface area contributed by atoms with E-state index in [0.29, 0.717) is 4.90 Å². The normalized spacial score (nSPS) is 11.5. The number of sulfone groups is 1. The van der Waals surface area contributed by atoms with E-state index in [4.69, 9.17) is 11.6 Å². The Bertz CT molecular complexity index is 372. The highest BCUT2D eigenvalue weighted by Gasteiger charge is 2.12. The zero-order valence-corrected chi connectivity index (χ0v) is 10.4. The molecule has 0 saturated carbocycles. The topological polar surface area (TPSA) is 34.1 Å². The molecule has 72 valence electrons. The Morgan fingerprint density at radius 1 is 1.23 bits per heavy atom. The van der Waals surface area contributed by atoms with Crippen LogP contribution in [0.15, 0.2) is 29.2 Å². The Morgan fingerprint density at radius 2 is 1.77 bits per heavy atom. The van der Waals surface area contributed by atoms with Crippen LogP contribution in [0.3, 0.4) is 0 Å². The van der Waals surface area contributed by atoms with Crippen LogP contribution in [0.25, 0.3) is 0 Å². The summed E-state index contributed by atoms with van der Waals surface area (Å²) in [6, 6.07) is 6.73. The fourth-order valence-electron chi connectivity index (χ4n) is 0.861. The van der Waals surface area contributed by atoms with Crippen LogP contribution in [0.1, 0.15) is 0 Å². The molecule has 0 atom stereocenters. The Hall–Kier alpha value is 0.190. The van der Waals surface area contributed by atoms with Gasteiger partial charge in [-0.2, -0.15) is 0 Å². The standard InChI is InChI=1S/C8H8ClIO2S/c9-5-6-13(11,12)8-3-1-7(10)2-4-8/h1-4H,5-6H2. The Kier molecular flexibility index (Phi) is 4.00. The van der Waals surface area contributed by atoms with Crippen molar-refractivity contribution < 1.29 is 8.42 Å². The molecule has 0 bridgehead atoms. The number of hydrogen-bond donors (Lipinski definition) is 0. The first-order valence-electron chi connectivity index (χ1n) is 3.60. The average Bonchev–Trinajstić information content (AvgIpc) is 2.05. The van der Waals surface area contributed by atoms with Crippen LogP contribution in [0.4, 0.5) is 0 Å². The van der Waals surface area contributed by atoms with E-state index in [0.717, 1.165) is 3.57 Å². The third-order valence-corrected chi connectivity index (χ3v) is 4.38. The molecule has 1 aromatic carbocycles. The monoisotopic (exact) mass is 330 g/mol. The number of halogens is 2. The molecule has 0 saturated heterocycles. The molecule has 0 heterocycles. The molecular formula is C8H8ClIO2S. The third-order valence-electron chi connectivity index (χ3n) is 1.52. The van der Waals surface area contributed by atoms with Gasteiger partial charge >= 0.3 is 0 Å². The summed E-state index contributed by atoms with van der Waals surface area (Å²) in [5, 5.41) is 0. The Morgan fingerprint density at radius 3 is 2.23 bits per heavy atom. The molecule has 0 aliphatic rings. The number of rotatable bonds is 3. The van der Waals surface area contributed by atoms with Gasteiger partial charge in [-0.05, 0) is 46.9 Å². The molecule has 0 radical (unpaired) electrons. The number of hydrogen-bond acceptors (Lipinski definition) is 2. The summed E-state index contributed by atoms with van der Waals surface area (Å²) >= 11 is 7.51. The van der Waals surface area contributed by atoms with Crippen molar-refractivity contribution in [3.63, 3.8) is 0 Å². The fraction of sp³-hybridized carbons (Fsp3) is 0.250. The van der Waals surface area contributed by atoms with Crippen molar-refractivity contribution in [2.75, 3.05) is 11.6 Å². The lowest BCUT2D eigenvalue weighted by atomic mass is 10.4. The van der Waals surface area contributed by atoms with Crippen LogP contribution in [0.2, 0.25) is 0 Å². The van der Waals surface area contributed by atoms with Crippen molar-refractivity contribution in [1.82, 2.24) is 0 Å². The fourth-order valence-corrected chi connectivity index (χ4v) is 2.82. The van der Waals surface area contributed by atoms with Crippen LogP contribution >= 0.6 is 34.2 Å². The van der Waals surface area contributed by atoms with Gasteiger partial charge in [0.25, 0.3) is 0 Å². The van der Waals surface area contributed by atoms with Gasteiger partial charge < -0.3 is 0 Å². The predicted octanol–water partition coefficient (Wildman–Crippen LogP) is 2.30. The summed E-state index contributed by atoms with van der Waals surface area (Å²) in [6.45, 7) is 0. The van der Waals surface area contributed by atoms with E-state index in [9.17, 15) is 8.42 Å². The van der Waals surface area contributed by atoms with Crippen molar-refractivity contribution in [2.45, 2.75) is 4.90 Å². The second-order valence-electron chi connectivity index (χ2n) is 2.46. The van der Waals surface area contributed by atoms with Crippen molar-refractivity contribution in [3.8, 4) is 0 Å². The van der Waals surface area contributed by atoms with Gasteiger partial charge in [0, 0.05) is 9.45 Å². The minimum atomic E-state index is -3.16. The highest BCUT2D eigenvalue weighted by Crippen LogP contribution is 2.13. The SMILES string of the molecule is O=S(=O)(CCCl)c1ccc(I)cc1. The lowest BCUT2D eigenvalue weighted by molar-refractivity contribution is 0.597. The minimum absolute atomic E-state index is 0.00481. The summed E-state index contributed by atoms with van der Waals surface area (Å²) in [5.74, 6) is 0.128. The van der Waals surface area contributed by atoms with Crippen molar-refractivity contribution in [2.24, 2.45) is 0 Å². The van der Waals surface area contributed by atoms with E-state index in [1.54, 1.807) is 24.3 Å². The summed E-state index contributed by atoms with van der Waals surface area (Å²) in [4.78, 5) is 0.341. The molecule has 1 rings (SSSR count). The highest BCUT2D eigenvalue weighted by molar-refractivity contribution is 14.1. The number of benzene rings is 1. The van der Waals surface area contributed by atoms with Gasteiger partial charge in [0.05, 0.1) is 10.6 Å². The molecule has 0 spiro atoms. The molecule has 0 amide bonds. The maximum absolute atomic E-state index is 11.5. The summed E-state index contributed by atoms with van der Waals surface area (Å²) in [7, 11) is -3.16. The van der Waals surface area contributed by atoms with Crippen molar-refractivity contribution in [1.29, 1.82) is 0 Å². The Labute approximate surface area is 96.4 Å². The lowest BCUT2D eigenvalue weighted by Gasteiger charge is -2.01. The molecule has 5 heteroatoms. The molecule has 1 aromatic rings. The smallest absolute Gasteiger partial charge is 0.179 e. The quantitative estimate of drug-likeness (QED) is 0.629. The second-order valence-corrected chi connectivity index (χ2v) is 6.19. The van der Waals surface area contributed by atoms with Gasteiger partial charge in [0.2, 0.25) is 0 Å². The van der Waals surface area contributed by atoms with Gasteiger partial charge in [-0.25, -0.2) is 8.42 Å². The molecule has 0 fully saturated rings. The van der Waals surface area contributed by atoms with Gasteiger partial charge in [0.15, 0.2) is 9.84 Å². The minimum Gasteiger partial charge on any atom is -0.224 e. The van der Waals surface area contributed by atoms with E-state index < -0.39 is 9.84 Å². The maximum Gasteiger partial charge on any atom is 0.179 e. The van der Waals surface area contributed by atoms with E-state index in [1.165, 1.54) is 0 Å². The van der Waals surface area contributed by atoms with Gasteiger partial charge in [-0.15, -0.1) is 11.6 Å². The highest BCUT2D eigenvalue weighted by atomic mass is 127. The van der Waals surface area contributed by atoms with Crippen LogP contribution < -0.4 is 0 Å². The van der Waals surface area contributed by atoms with Crippen LogP contribution in [-0.4, -0.2) is 20.1 Å². The maximum atomic E-state index is 11.5. The van der Waals surface area contributed by atoms with Crippen molar-refractivity contribution >= 4 is 44.0 Å². The zero-order chi connectivity index (χ0) is 9.90. The molecule has 0 unspecified atom stereocenters. The molecule has 2 nitrogen and oxygen atoms in total. The van der Waals surface area contributed by atoms with E-state index in [1.807, 2.05) is 0 Å². The van der Waals surface area contributed by atoms with Crippen LogP contribution in [-0.2, 0) is 9.84 Å². The zero-order valence-electron chi connectivity index (χ0n) is 6.70. The van der Waals surface area contributed by atoms with Gasteiger partial charge in [-0.1, -0.05) is 0 Å². The van der Waals surface area contributed by atoms with Gasteiger partial charge in [-0.3, -0.25) is 0 Å². The molecular weight excluding hydrogens is 323 g/mol. The number of alkyl halides is 1. The molecule has 0 N–H and O–H groups in total. The van der Waals surface area contributed by atoms with E-state index >= 15 is 0 Å². The average molecular weight is 331 g/mol. The second kappa shape index (κ2) is 4.61. The lowest BCUT2D eigenvalue weighted by Crippen LogP contribution is -2.07. The van der Waals surface area contributed by atoms with Crippen LogP contribution in [0.5, 0.6) is 0 Å². The largest absolute Gasteiger partial charge is 0.224 e. The molecule has 0 aromatic heterocycles. The Balaban J connectivity index is 3.02. The van der Waals surface area contributed by atoms with Crippen LogP contribution in [0, 0.1) is 3.57 Å².